The van der Waals surface area contributed by atoms with Crippen LogP contribution in [0, 0.1) is 6.92 Å². The minimum absolute atomic E-state index is 0.353. The Morgan fingerprint density at radius 2 is 2.22 bits per heavy atom. The highest BCUT2D eigenvalue weighted by molar-refractivity contribution is 6.30. The molecule has 1 aromatic rings. The lowest BCUT2D eigenvalue weighted by Crippen LogP contribution is -2.27. The number of benzene rings is 1. The van der Waals surface area contributed by atoms with E-state index < -0.39 is 12.1 Å². The smallest absolute Gasteiger partial charge is 0.333 e. The van der Waals surface area contributed by atoms with E-state index in [-0.39, 0.29) is 0 Å². The van der Waals surface area contributed by atoms with E-state index in [4.69, 9.17) is 21.4 Å². The van der Waals surface area contributed by atoms with Crippen LogP contribution < -0.4 is 0 Å². The van der Waals surface area contributed by atoms with Crippen LogP contribution in [0.15, 0.2) is 18.2 Å². The highest BCUT2D eigenvalue weighted by Gasteiger charge is 2.19. The van der Waals surface area contributed by atoms with Crippen LogP contribution in [0.3, 0.4) is 0 Å². The fourth-order valence-electron chi connectivity index (χ4n) is 1.65. The summed E-state index contributed by atoms with van der Waals surface area (Å²) in [6.45, 7) is 4.46. The predicted octanol–water partition coefficient (Wildman–Crippen LogP) is 3.46. The average Bonchev–Trinajstić information content (AvgIpc) is 2.32. The molecule has 0 fully saturated rings. The number of halogens is 1. The zero-order valence-corrected chi connectivity index (χ0v) is 11.5. The van der Waals surface area contributed by atoms with Crippen molar-refractivity contribution in [3.63, 3.8) is 0 Å². The summed E-state index contributed by atoms with van der Waals surface area (Å²) in [5, 5.41) is 9.75. The van der Waals surface area contributed by atoms with Crippen LogP contribution in [-0.4, -0.2) is 23.8 Å². The first-order chi connectivity index (χ1) is 8.54. The maximum Gasteiger partial charge on any atom is 0.333 e. The van der Waals surface area contributed by atoms with Crippen molar-refractivity contribution in [1.82, 2.24) is 0 Å². The summed E-state index contributed by atoms with van der Waals surface area (Å²) in [5.74, 6) is -0.925. The van der Waals surface area contributed by atoms with E-state index in [1.165, 1.54) is 0 Å². The van der Waals surface area contributed by atoms with E-state index in [1.807, 2.05) is 19.9 Å². The molecule has 0 spiro atoms. The van der Waals surface area contributed by atoms with E-state index in [1.54, 1.807) is 12.1 Å². The molecule has 0 unspecified atom stereocenters. The molecule has 0 aromatic heterocycles. The van der Waals surface area contributed by atoms with Crippen molar-refractivity contribution in [2.75, 3.05) is 6.61 Å². The number of carboxylic acid groups (broad SMARTS) is 1. The van der Waals surface area contributed by atoms with Gasteiger partial charge in [0.1, 0.15) is 0 Å². The van der Waals surface area contributed by atoms with Crippen molar-refractivity contribution in [3.05, 3.63) is 34.3 Å². The minimum atomic E-state index is -0.925. The van der Waals surface area contributed by atoms with Gasteiger partial charge in [0.05, 0.1) is 0 Å². The summed E-state index contributed by atoms with van der Waals surface area (Å²) in [6.07, 6.45) is 1.42. The number of rotatable bonds is 7. The summed E-state index contributed by atoms with van der Waals surface area (Å²) in [7, 11) is 0. The summed E-state index contributed by atoms with van der Waals surface area (Å²) in [4.78, 5) is 11.1. The van der Waals surface area contributed by atoms with Crippen LogP contribution >= 0.6 is 11.6 Å². The van der Waals surface area contributed by atoms with Gasteiger partial charge in [-0.1, -0.05) is 31.0 Å². The Morgan fingerprint density at radius 3 is 2.83 bits per heavy atom. The van der Waals surface area contributed by atoms with Gasteiger partial charge in [-0.25, -0.2) is 4.79 Å². The molecule has 18 heavy (non-hydrogen) atoms. The topological polar surface area (TPSA) is 46.5 Å². The molecule has 0 saturated carbocycles. The molecule has 0 heterocycles. The van der Waals surface area contributed by atoms with Crippen molar-refractivity contribution in [2.24, 2.45) is 0 Å². The standard InChI is InChI=1S/C14H19ClO3/c1-3-4-7-18-13(14(16)17)9-11-8-12(15)6-5-10(11)2/h5-6,8,13H,3-4,7,9H2,1-2H3,(H,16,17)/t13-/m1/s1. The minimum Gasteiger partial charge on any atom is -0.479 e. The Hall–Kier alpha value is -1.06. The highest BCUT2D eigenvalue weighted by atomic mass is 35.5. The maximum absolute atomic E-state index is 11.1. The molecule has 0 bridgehead atoms. The third kappa shape index (κ3) is 4.67. The molecule has 1 N–H and O–H groups in total. The fraction of sp³-hybridized carbons (Fsp3) is 0.500. The monoisotopic (exact) mass is 270 g/mol. The number of carboxylic acids is 1. The van der Waals surface area contributed by atoms with E-state index in [9.17, 15) is 4.79 Å². The van der Waals surface area contributed by atoms with Crippen molar-refractivity contribution >= 4 is 17.6 Å². The van der Waals surface area contributed by atoms with E-state index in [0.29, 0.717) is 18.1 Å². The molecular weight excluding hydrogens is 252 g/mol. The van der Waals surface area contributed by atoms with Gasteiger partial charge in [0.2, 0.25) is 0 Å². The van der Waals surface area contributed by atoms with Gasteiger partial charge >= 0.3 is 5.97 Å². The summed E-state index contributed by atoms with van der Waals surface area (Å²) in [5.41, 5.74) is 1.95. The average molecular weight is 271 g/mol. The van der Waals surface area contributed by atoms with Crippen LogP contribution in [0.5, 0.6) is 0 Å². The Labute approximate surface area is 113 Å². The fourth-order valence-corrected chi connectivity index (χ4v) is 1.84. The molecule has 0 amide bonds. The third-order valence-electron chi connectivity index (χ3n) is 2.81. The molecule has 0 aliphatic heterocycles. The lowest BCUT2D eigenvalue weighted by atomic mass is 10.0. The lowest BCUT2D eigenvalue weighted by Gasteiger charge is -2.15. The van der Waals surface area contributed by atoms with Crippen molar-refractivity contribution in [3.8, 4) is 0 Å². The van der Waals surface area contributed by atoms with Gasteiger partial charge in [-0.05, 0) is 36.6 Å². The Balaban J connectivity index is 2.70. The number of hydrogen-bond donors (Lipinski definition) is 1. The molecule has 1 rings (SSSR count). The first-order valence-electron chi connectivity index (χ1n) is 6.14. The molecular formula is C14H19ClO3. The Morgan fingerprint density at radius 1 is 1.50 bits per heavy atom. The van der Waals surface area contributed by atoms with Crippen LogP contribution in [0.4, 0.5) is 0 Å². The van der Waals surface area contributed by atoms with Crippen molar-refractivity contribution in [2.45, 2.75) is 39.2 Å². The van der Waals surface area contributed by atoms with Crippen LogP contribution in [0.25, 0.3) is 0 Å². The second-order valence-electron chi connectivity index (χ2n) is 4.33. The number of unbranched alkanes of at least 4 members (excludes halogenated alkanes) is 1. The quantitative estimate of drug-likeness (QED) is 0.772. The molecule has 1 aromatic carbocycles. The van der Waals surface area contributed by atoms with Gasteiger partial charge < -0.3 is 9.84 Å². The summed E-state index contributed by atoms with van der Waals surface area (Å²) >= 11 is 5.92. The van der Waals surface area contributed by atoms with Gasteiger partial charge in [0, 0.05) is 18.1 Å². The molecule has 1 atom stereocenters. The molecule has 0 radical (unpaired) electrons. The van der Waals surface area contributed by atoms with Gasteiger partial charge in [0.15, 0.2) is 6.10 Å². The number of hydrogen-bond acceptors (Lipinski definition) is 2. The van der Waals surface area contributed by atoms with Gasteiger partial charge in [-0.3, -0.25) is 0 Å². The van der Waals surface area contributed by atoms with Gasteiger partial charge in [0.25, 0.3) is 0 Å². The summed E-state index contributed by atoms with van der Waals surface area (Å²) in [6, 6.07) is 5.49. The zero-order chi connectivity index (χ0) is 13.5. The molecule has 0 aliphatic rings. The molecule has 4 heteroatoms. The largest absolute Gasteiger partial charge is 0.479 e. The van der Waals surface area contributed by atoms with Crippen LogP contribution in [0.1, 0.15) is 30.9 Å². The summed E-state index contributed by atoms with van der Waals surface area (Å²) < 4.78 is 5.40. The number of ether oxygens (including phenoxy) is 1. The molecule has 3 nitrogen and oxygen atoms in total. The first kappa shape index (κ1) is 15.0. The SMILES string of the molecule is CCCCO[C@H](Cc1cc(Cl)ccc1C)C(=O)O. The Bertz CT molecular complexity index is 404. The van der Waals surface area contributed by atoms with Crippen molar-refractivity contribution in [1.29, 1.82) is 0 Å². The first-order valence-corrected chi connectivity index (χ1v) is 6.51. The van der Waals surface area contributed by atoms with E-state index in [0.717, 1.165) is 24.0 Å². The lowest BCUT2D eigenvalue weighted by molar-refractivity contribution is -0.150. The third-order valence-corrected chi connectivity index (χ3v) is 3.04. The Kier molecular flexibility index (Phi) is 6.16. The van der Waals surface area contributed by atoms with E-state index in [2.05, 4.69) is 0 Å². The number of carbonyl (C=O) groups is 1. The normalized spacial score (nSPS) is 12.4. The predicted molar refractivity (Wildman–Crippen MR) is 72.2 cm³/mol. The van der Waals surface area contributed by atoms with Crippen LogP contribution in [-0.2, 0) is 16.0 Å². The van der Waals surface area contributed by atoms with Gasteiger partial charge in [-0.15, -0.1) is 0 Å². The second-order valence-corrected chi connectivity index (χ2v) is 4.76. The second kappa shape index (κ2) is 7.39. The van der Waals surface area contributed by atoms with Gasteiger partial charge in [-0.2, -0.15) is 0 Å². The van der Waals surface area contributed by atoms with Crippen molar-refractivity contribution < 1.29 is 14.6 Å². The van der Waals surface area contributed by atoms with Crippen LogP contribution in [0.2, 0.25) is 5.02 Å². The van der Waals surface area contributed by atoms with E-state index >= 15 is 0 Å². The zero-order valence-electron chi connectivity index (χ0n) is 10.8. The number of aliphatic carboxylic acids is 1. The molecule has 0 saturated heterocycles. The maximum atomic E-state index is 11.1. The molecule has 0 aliphatic carbocycles. The number of aryl methyl sites for hydroxylation is 1. The highest BCUT2D eigenvalue weighted by Crippen LogP contribution is 2.18. The molecule has 100 valence electrons.